The smallest absolute Gasteiger partial charge is 0.261 e. The van der Waals surface area contributed by atoms with Crippen LogP contribution < -0.4 is 5.32 Å². The van der Waals surface area contributed by atoms with E-state index in [1.165, 1.54) is 4.88 Å². The predicted molar refractivity (Wildman–Crippen MR) is 109 cm³/mol. The van der Waals surface area contributed by atoms with Crippen LogP contribution in [0.25, 0.3) is 0 Å². The third-order valence-corrected chi connectivity index (χ3v) is 6.30. The third kappa shape index (κ3) is 4.10. The Morgan fingerprint density at radius 3 is 2.96 bits per heavy atom. The molecule has 0 spiro atoms. The van der Waals surface area contributed by atoms with Crippen LogP contribution in [-0.2, 0) is 20.1 Å². The number of hydrogen-bond donors (Lipinski definition) is 2. The van der Waals surface area contributed by atoms with Crippen LogP contribution in [0.2, 0.25) is 0 Å². The highest BCUT2D eigenvalue weighted by molar-refractivity contribution is 7.14. The number of benzene rings is 1. The van der Waals surface area contributed by atoms with Gasteiger partial charge in [-0.1, -0.05) is 18.2 Å². The van der Waals surface area contributed by atoms with Crippen LogP contribution in [0.1, 0.15) is 44.6 Å². The molecule has 6 nitrogen and oxygen atoms in total. The van der Waals surface area contributed by atoms with E-state index in [9.17, 15) is 9.90 Å². The highest BCUT2D eigenvalue weighted by atomic mass is 32.1. The number of hydrogen-bond acceptors (Lipinski definition) is 5. The zero-order chi connectivity index (χ0) is 19.5. The Balaban J connectivity index is 1.41. The van der Waals surface area contributed by atoms with Crippen molar-refractivity contribution >= 4 is 17.2 Å². The van der Waals surface area contributed by atoms with Gasteiger partial charge in [0.05, 0.1) is 11.1 Å². The largest absolute Gasteiger partial charge is 0.508 e. The summed E-state index contributed by atoms with van der Waals surface area (Å²) in [5.41, 5.74) is 1.93. The van der Waals surface area contributed by atoms with Crippen molar-refractivity contribution in [3.8, 4) is 5.75 Å². The first-order valence-corrected chi connectivity index (χ1v) is 10.3. The fraction of sp³-hybridized carbons (Fsp3) is 0.333. The van der Waals surface area contributed by atoms with Gasteiger partial charge in [-0.15, -0.1) is 11.3 Å². The van der Waals surface area contributed by atoms with E-state index in [1.807, 2.05) is 37.5 Å². The quantitative estimate of drug-likeness (QED) is 0.670. The van der Waals surface area contributed by atoms with Crippen LogP contribution in [0.3, 0.4) is 0 Å². The minimum atomic E-state index is -0.0506. The summed E-state index contributed by atoms with van der Waals surface area (Å²) >= 11 is 1.56. The topological polar surface area (TPSA) is 70.4 Å². The lowest BCUT2D eigenvalue weighted by atomic mass is 10.1. The highest BCUT2D eigenvalue weighted by Crippen LogP contribution is 2.37. The van der Waals surface area contributed by atoms with E-state index in [2.05, 4.69) is 21.4 Å². The molecule has 0 bridgehead atoms. The molecule has 0 radical (unpaired) electrons. The van der Waals surface area contributed by atoms with Gasteiger partial charge in [-0.05, 0) is 37.6 Å². The van der Waals surface area contributed by atoms with Gasteiger partial charge in [0, 0.05) is 48.4 Å². The molecule has 7 heteroatoms. The number of nitrogens with zero attached hydrogens (tertiary/aromatic N) is 3. The molecule has 1 atom stereocenters. The van der Waals surface area contributed by atoms with E-state index in [0.717, 1.165) is 41.9 Å². The summed E-state index contributed by atoms with van der Waals surface area (Å²) in [5, 5.41) is 17.2. The molecule has 2 N–H and O–H groups in total. The molecule has 3 aromatic rings. The molecule has 0 unspecified atom stereocenters. The maximum Gasteiger partial charge on any atom is 0.261 e. The van der Waals surface area contributed by atoms with E-state index in [1.54, 1.807) is 28.3 Å². The summed E-state index contributed by atoms with van der Waals surface area (Å²) in [6.07, 6.45) is 5.86. The Morgan fingerprint density at radius 1 is 1.32 bits per heavy atom. The average molecular weight is 397 g/mol. The molecule has 0 aliphatic carbocycles. The number of carbonyl (C=O) groups is 1. The van der Waals surface area contributed by atoms with Crippen LogP contribution >= 0.6 is 11.3 Å². The van der Waals surface area contributed by atoms with Crippen molar-refractivity contribution in [2.75, 3.05) is 6.54 Å². The summed E-state index contributed by atoms with van der Waals surface area (Å²) in [6.45, 7) is 2.19. The number of carbonyl (C=O) groups excluding carboxylic acids is 1. The molecular weight excluding hydrogens is 372 g/mol. The number of likely N-dealkylation sites (tertiary alicyclic amines) is 1. The van der Waals surface area contributed by atoms with Gasteiger partial charge in [-0.3, -0.25) is 14.4 Å². The average Bonchev–Trinajstić information content (AvgIpc) is 3.42. The maximum absolute atomic E-state index is 12.5. The van der Waals surface area contributed by atoms with E-state index >= 15 is 0 Å². The number of thiophene rings is 1. The number of phenolic OH excluding ortho intramolecular Hbond substituents is 1. The summed E-state index contributed by atoms with van der Waals surface area (Å²) in [4.78, 5) is 16.8. The predicted octanol–water partition coefficient (Wildman–Crippen LogP) is 3.45. The molecule has 0 saturated carbocycles. The first-order valence-electron chi connectivity index (χ1n) is 9.46. The zero-order valence-electron chi connectivity index (χ0n) is 15.8. The molecule has 1 saturated heterocycles. The molecule has 1 amide bonds. The molecule has 3 heterocycles. The Kier molecular flexibility index (Phi) is 5.45. The fourth-order valence-electron chi connectivity index (χ4n) is 3.69. The van der Waals surface area contributed by atoms with Crippen molar-refractivity contribution < 1.29 is 9.90 Å². The van der Waals surface area contributed by atoms with Crippen LogP contribution in [0.15, 0.2) is 48.8 Å². The molecule has 2 aromatic heterocycles. The molecular formula is C21H24N4O2S. The summed E-state index contributed by atoms with van der Waals surface area (Å²) < 4.78 is 1.73. The summed E-state index contributed by atoms with van der Waals surface area (Å²) in [7, 11) is 1.86. The molecule has 1 fully saturated rings. The van der Waals surface area contributed by atoms with E-state index in [-0.39, 0.29) is 5.91 Å². The number of aromatic nitrogens is 2. The van der Waals surface area contributed by atoms with Crippen molar-refractivity contribution in [3.63, 3.8) is 0 Å². The van der Waals surface area contributed by atoms with Gasteiger partial charge in [-0.2, -0.15) is 5.10 Å². The van der Waals surface area contributed by atoms with Gasteiger partial charge in [0.25, 0.3) is 5.91 Å². The van der Waals surface area contributed by atoms with Crippen LogP contribution in [0.4, 0.5) is 0 Å². The SMILES string of the molecule is Cn1cc(CNC(=O)c2ccc([C@@H]3CCCN3Cc3ccccc3O)s2)cn1. The van der Waals surface area contributed by atoms with Gasteiger partial charge < -0.3 is 10.4 Å². The maximum atomic E-state index is 12.5. The Morgan fingerprint density at radius 2 is 2.18 bits per heavy atom. The third-order valence-electron chi connectivity index (χ3n) is 5.12. The van der Waals surface area contributed by atoms with E-state index in [0.29, 0.717) is 18.3 Å². The van der Waals surface area contributed by atoms with Gasteiger partial charge in [0.2, 0.25) is 0 Å². The van der Waals surface area contributed by atoms with Gasteiger partial charge >= 0.3 is 0 Å². The molecule has 28 heavy (non-hydrogen) atoms. The number of nitrogens with one attached hydrogen (secondary N) is 1. The summed E-state index contributed by atoms with van der Waals surface area (Å²) in [5.74, 6) is 0.292. The Bertz CT molecular complexity index is 965. The van der Waals surface area contributed by atoms with Crippen molar-refractivity contribution in [1.82, 2.24) is 20.0 Å². The lowest BCUT2D eigenvalue weighted by Gasteiger charge is -2.24. The van der Waals surface area contributed by atoms with Crippen molar-refractivity contribution in [2.24, 2.45) is 7.05 Å². The first kappa shape index (κ1) is 18.7. The number of para-hydroxylation sites is 1. The number of aromatic hydroxyl groups is 1. The standard InChI is InChI=1S/C21H24N4O2S/c1-24-13-15(12-23-24)11-22-21(27)20-9-8-19(28-20)17-6-4-10-25(17)14-16-5-2-3-7-18(16)26/h2-3,5,7-9,12-13,17,26H,4,6,10-11,14H2,1H3,(H,22,27)/t17-/m0/s1. The monoisotopic (exact) mass is 396 g/mol. The van der Waals surface area contributed by atoms with Gasteiger partial charge in [-0.25, -0.2) is 0 Å². The van der Waals surface area contributed by atoms with Crippen molar-refractivity contribution in [3.05, 3.63) is 69.7 Å². The second kappa shape index (κ2) is 8.16. The van der Waals surface area contributed by atoms with Crippen molar-refractivity contribution in [1.29, 1.82) is 0 Å². The number of aryl methyl sites for hydroxylation is 1. The van der Waals surface area contributed by atoms with E-state index < -0.39 is 0 Å². The molecule has 146 valence electrons. The Labute approximate surface area is 168 Å². The lowest BCUT2D eigenvalue weighted by molar-refractivity contribution is 0.0955. The second-order valence-electron chi connectivity index (χ2n) is 7.16. The van der Waals surface area contributed by atoms with Gasteiger partial charge in [0.15, 0.2) is 0 Å². The summed E-state index contributed by atoms with van der Waals surface area (Å²) in [6, 6.07) is 11.8. The zero-order valence-corrected chi connectivity index (χ0v) is 16.7. The normalized spacial score (nSPS) is 17.1. The van der Waals surface area contributed by atoms with Crippen LogP contribution in [0.5, 0.6) is 5.75 Å². The molecule has 4 rings (SSSR count). The minimum absolute atomic E-state index is 0.0506. The number of amides is 1. The fourth-order valence-corrected chi connectivity index (χ4v) is 4.78. The molecule has 1 aliphatic rings. The van der Waals surface area contributed by atoms with Crippen LogP contribution in [-0.4, -0.2) is 32.2 Å². The van der Waals surface area contributed by atoms with Crippen LogP contribution in [0, 0.1) is 0 Å². The number of phenols is 1. The second-order valence-corrected chi connectivity index (χ2v) is 8.28. The lowest BCUT2D eigenvalue weighted by Crippen LogP contribution is -2.22. The van der Waals surface area contributed by atoms with Gasteiger partial charge in [0.1, 0.15) is 5.75 Å². The van der Waals surface area contributed by atoms with E-state index in [4.69, 9.17) is 0 Å². The van der Waals surface area contributed by atoms with Crippen molar-refractivity contribution in [2.45, 2.75) is 32.0 Å². The highest BCUT2D eigenvalue weighted by Gasteiger charge is 2.28. The Hall–Kier alpha value is -2.64. The number of rotatable bonds is 6. The molecule has 1 aliphatic heterocycles. The molecule has 1 aromatic carbocycles. The first-order chi connectivity index (χ1) is 13.6. The minimum Gasteiger partial charge on any atom is -0.508 e.